The molecule has 1 fully saturated rings. The van der Waals surface area contributed by atoms with Crippen molar-refractivity contribution in [3.05, 3.63) is 34.3 Å². The number of hydrogen-bond acceptors (Lipinski definition) is 3. The molecule has 0 bridgehead atoms. The van der Waals surface area contributed by atoms with Crippen molar-refractivity contribution in [1.29, 1.82) is 0 Å². The predicted octanol–water partition coefficient (Wildman–Crippen LogP) is 2.43. The minimum Gasteiger partial charge on any atom is -0.376 e. The molecule has 3 nitrogen and oxygen atoms in total. The SMILES string of the molecule is CC1CN(C(C)(CN)Cc2ccc(Br)cc2)CCO1. The van der Waals surface area contributed by atoms with Crippen molar-refractivity contribution in [3.8, 4) is 0 Å². The fourth-order valence-electron chi connectivity index (χ4n) is 2.66. The lowest BCUT2D eigenvalue weighted by Crippen LogP contribution is -2.58. The van der Waals surface area contributed by atoms with Crippen LogP contribution in [-0.2, 0) is 11.2 Å². The lowest BCUT2D eigenvalue weighted by molar-refractivity contribution is -0.0560. The molecule has 106 valence electrons. The van der Waals surface area contributed by atoms with Crippen molar-refractivity contribution in [1.82, 2.24) is 4.90 Å². The number of morpholine rings is 1. The fraction of sp³-hybridized carbons (Fsp3) is 0.600. The van der Waals surface area contributed by atoms with Crippen molar-refractivity contribution in [2.75, 3.05) is 26.2 Å². The van der Waals surface area contributed by atoms with E-state index in [-0.39, 0.29) is 5.54 Å². The lowest BCUT2D eigenvalue weighted by atomic mass is 9.90. The van der Waals surface area contributed by atoms with E-state index in [4.69, 9.17) is 10.5 Å². The van der Waals surface area contributed by atoms with Crippen LogP contribution in [-0.4, -0.2) is 42.8 Å². The van der Waals surface area contributed by atoms with E-state index in [1.54, 1.807) is 0 Å². The standard InChI is InChI=1S/C15H23BrN2O/c1-12-10-18(7-8-19-12)15(2,11-17)9-13-3-5-14(16)6-4-13/h3-6,12H,7-11,17H2,1-2H3. The first-order chi connectivity index (χ1) is 9.03. The zero-order chi connectivity index (χ0) is 13.9. The van der Waals surface area contributed by atoms with Crippen LogP contribution in [0.25, 0.3) is 0 Å². The van der Waals surface area contributed by atoms with E-state index in [1.807, 2.05) is 0 Å². The molecular formula is C15H23BrN2O. The topological polar surface area (TPSA) is 38.5 Å². The van der Waals surface area contributed by atoms with Gasteiger partial charge in [-0.15, -0.1) is 0 Å². The summed E-state index contributed by atoms with van der Waals surface area (Å²) in [5.41, 5.74) is 7.40. The molecule has 19 heavy (non-hydrogen) atoms. The fourth-order valence-corrected chi connectivity index (χ4v) is 2.93. The molecular weight excluding hydrogens is 304 g/mol. The van der Waals surface area contributed by atoms with Crippen molar-refractivity contribution >= 4 is 15.9 Å². The van der Waals surface area contributed by atoms with Gasteiger partial charge in [0.1, 0.15) is 0 Å². The number of ether oxygens (including phenoxy) is 1. The number of halogens is 1. The van der Waals surface area contributed by atoms with E-state index in [2.05, 4.69) is 58.9 Å². The van der Waals surface area contributed by atoms with Crippen LogP contribution in [0.5, 0.6) is 0 Å². The highest BCUT2D eigenvalue weighted by Crippen LogP contribution is 2.23. The summed E-state index contributed by atoms with van der Waals surface area (Å²) < 4.78 is 6.74. The summed E-state index contributed by atoms with van der Waals surface area (Å²) in [5, 5.41) is 0. The number of benzene rings is 1. The predicted molar refractivity (Wildman–Crippen MR) is 82.3 cm³/mol. The van der Waals surface area contributed by atoms with Crippen LogP contribution < -0.4 is 5.73 Å². The third-order valence-electron chi connectivity index (χ3n) is 3.94. The molecule has 4 heteroatoms. The Labute approximate surface area is 124 Å². The molecule has 1 heterocycles. The smallest absolute Gasteiger partial charge is 0.0674 e. The van der Waals surface area contributed by atoms with Gasteiger partial charge < -0.3 is 10.5 Å². The van der Waals surface area contributed by atoms with Gasteiger partial charge in [0, 0.05) is 29.6 Å². The van der Waals surface area contributed by atoms with E-state index in [0.29, 0.717) is 12.6 Å². The summed E-state index contributed by atoms with van der Waals surface area (Å²) >= 11 is 3.47. The second-order valence-electron chi connectivity index (χ2n) is 5.63. The first-order valence-electron chi connectivity index (χ1n) is 6.85. The third-order valence-corrected chi connectivity index (χ3v) is 4.47. The first-order valence-corrected chi connectivity index (χ1v) is 7.64. The summed E-state index contributed by atoms with van der Waals surface area (Å²) in [4.78, 5) is 2.48. The van der Waals surface area contributed by atoms with Gasteiger partial charge >= 0.3 is 0 Å². The Morgan fingerprint density at radius 3 is 2.68 bits per heavy atom. The van der Waals surface area contributed by atoms with Gasteiger partial charge in [-0.3, -0.25) is 4.90 Å². The molecule has 1 aromatic carbocycles. The highest BCUT2D eigenvalue weighted by molar-refractivity contribution is 9.10. The highest BCUT2D eigenvalue weighted by atomic mass is 79.9. The molecule has 2 rings (SSSR count). The molecule has 1 aromatic rings. The molecule has 0 radical (unpaired) electrons. The Kier molecular flexibility index (Phi) is 5.01. The Morgan fingerprint density at radius 2 is 2.11 bits per heavy atom. The average Bonchev–Trinajstić information content (AvgIpc) is 2.41. The molecule has 0 amide bonds. The molecule has 0 aliphatic carbocycles. The van der Waals surface area contributed by atoms with Gasteiger partial charge in [-0.25, -0.2) is 0 Å². The van der Waals surface area contributed by atoms with Gasteiger partial charge in [0.15, 0.2) is 0 Å². The number of nitrogens with zero attached hydrogens (tertiary/aromatic N) is 1. The minimum atomic E-state index is 0.00582. The molecule has 1 aliphatic rings. The summed E-state index contributed by atoms with van der Waals surface area (Å²) in [6.45, 7) is 7.78. The van der Waals surface area contributed by atoms with Crippen molar-refractivity contribution in [2.24, 2.45) is 5.73 Å². The number of hydrogen-bond donors (Lipinski definition) is 1. The van der Waals surface area contributed by atoms with Crippen molar-refractivity contribution < 1.29 is 4.74 Å². The van der Waals surface area contributed by atoms with Crippen LogP contribution >= 0.6 is 15.9 Å². The number of nitrogens with two attached hydrogens (primary N) is 1. The van der Waals surface area contributed by atoms with Crippen LogP contribution in [0.1, 0.15) is 19.4 Å². The first kappa shape index (κ1) is 15.0. The van der Waals surface area contributed by atoms with Gasteiger partial charge in [0.05, 0.1) is 12.7 Å². The quantitative estimate of drug-likeness (QED) is 0.923. The zero-order valence-corrected chi connectivity index (χ0v) is 13.3. The molecule has 0 saturated carbocycles. The number of rotatable bonds is 4. The monoisotopic (exact) mass is 326 g/mol. The molecule has 1 aliphatic heterocycles. The summed E-state index contributed by atoms with van der Waals surface area (Å²) in [6, 6.07) is 8.52. The van der Waals surface area contributed by atoms with Gasteiger partial charge in [-0.1, -0.05) is 28.1 Å². The van der Waals surface area contributed by atoms with Crippen molar-refractivity contribution in [3.63, 3.8) is 0 Å². The zero-order valence-electron chi connectivity index (χ0n) is 11.7. The maximum atomic E-state index is 6.07. The Balaban J connectivity index is 2.10. The Hall–Kier alpha value is -0.420. The summed E-state index contributed by atoms with van der Waals surface area (Å²) in [7, 11) is 0. The van der Waals surface area contributed by atoms with Crippen LogP contribution in [0.15, 0.2) is 28.7 Å². The minimum absolute atomic E-state index is 0.00582. The lowest BCUT2D eigenvalue weighted by Gasteiger charge is -2.44. The van der Waals surface area contributed by atoms with Gasteiger partial charge in [-0.05, 0) is 38.0 Å². The highest BCUT2D eigenvalue weighted by Gasteiger charge is 2.33. The van der Waals surface area contributed by atoms with E-state index < -0.39 is 0 Å². The van der Waals surface area contributed by atoms with E-state index in [9.17, 15) is 0 Å². The molecule has 1 saturated heterocycles. The Morgan fingerprint density at radius 1 is 1.42 bits per heavy atom. The maximum absolute atomic E-state index is 6.07. The molecule has 0 aromatic heterocycles. The molecule has 2 atom stereocenters. The maximum Gasteiger partial charge on any atom is 0.0674 e. The van der Waals surface area contributed by atoms with Gasteiger partial charge in [0.2, 0.25) is 0 Å². The largest absolute Gasteiger partial charge is 0.376 e. The third kappa shape index (κ3) is 3.78. The Bertz CT molecular complexity index is 409. The average molecular weight is 327 g/mol. The summed E-state index contributed by atoms with van der Waals surface area (Å²) in [5.74, 6) is 0. The van der Waals surface area contributed by atoms with E-state index >= 15 is 0 Å². The molecule has 2 N–H and O–H groups in total. The normalized spacial score (nSPS) is 24.1. The second kappa shape index (κ2) is 6.35. The van der Waals surface area contributed by atoms with E-state index in [1.165, 1.54) is 5.56 Å². The van der Waals surface area contributed by atoms with Crippen LogP contribution in [0.4, 0.5) is 0 Å². The molecule has 0 spiro atoms. The van der Waals surface area contributed by atoms with Crippen LogP contribution in [0, 0.1) is 0 Å². The summed E-state index contributed by atoms with van der Waals surface area (Å²) in [6.07, 6.45) is 1.27. The van der Waals surface area contributed by atoms with Gasteiger partial charge in [-0.2, -0.15) is 0 Å². The second-order valence-corrected chi connectivity index (χ2v) is 6.55. The molecule has 2 unspecified atom stereocenters. The van der Waals surface area contributed by atoms with Crippen LogP contribution in [0.2, 0.25) is 0 Å². The van der Waals surface area contributed by atoms with Crippen molar-refractivity contribution in [2.45, 2.75) is 31.9 Å². The van der Waals surface area contributed by atoms with Gasteiger partial charge in [0.25, 0.3) is 0 Å². The van der Waals surface area contributed by atoms with Crippen LogP contribution in [0.3, 0.4) is 0 Å². The van der Waals surface area contributed by atoms with E-state index in [0.717, 1.165) is 30.6 Å².